The summed E-state index contributed by atoms with van der Waals surface area (Å²) in [6, 6.07) is 8.18. The Morgan fingerprint density at radius 3 is 2.50 bits per heavy atom. The molecule has 0 bridgehead atoms. The molecule has 0 saturated carbocycles. The summed E-state index contributed by atoms with van der Waals surface area (Å²) in [5.41, 5.74) is 2.35. The first kappa shape index (κ1) is 14.8. The number of rotatable bonds is 7. The van der Waals surface area contributed by atoms with Gasteiger partial charge in [-0.25, -0.2) is 4.98 Å². The molecule has 4 nitrogen and oxygen atoms in total. The summed E-state index contributed by atoms with van der Waals surface area (Å²) in [6.07, 6.45) is 0.999. The maximum atomic E-state index is 5.15. The van der Waals surface area contributed by atoms with Crippen molar-refractivity contribution in [2.45, 2.75) is 19.9 Å². The monoisotopic (exact) mass is 292 g/mol. The molecule has 0 amide bonds. The van der Waals surface area contributed by atoms with E-state index in [0.717, 1.165) is 36.1 Å². The molecule has 1 heterocycles. The van der Waals surface area contributed by atoms with Crippen LogP contribution >= 0.6 is 11.3 Å². The molecule has 1 N–H and O–H groups in total. The zero-order valence-electron chi connectivity index (χ0n) is 12.1. The zero-order valence-corrected chi connectivity index (χ0v) is 12.9. The van der Waals surface area contributed by atoms with Crippen molar-refractivity contribution in [2.24, 2.45) is 0 Å². The van der Waals surface area contributed by atoms with Gasteiger partial charge in [0.1, 0.15) is 5.75 Å². The lowest BCUT2D eigenvalue weighted by atomic mass is 10.1. The number of nitrogens with one attached hydrogen (secondary N) is 1. The van der Waals surface area contributed by atoms with Gasteiger partial charge in [-0.15, -0.1) is 0 Å². The van der Waals surface area contributed by atoms with Gasteiger partial charge in [-0.1, -0.05) is 23.5 Å². The van der Waals surface area contributed by atoms with Crippen LogP contribution in [0.4, 0.5) is 0 Å². The molecular formula is C15H20N2O2S. The van der Waals surface area contributed by atoms with Gasteiger partial charge in [-0.05, 0) is 37.6 Å². The Morgan fingerprint density at radius 1 is 1.15 bits per heavy atom. The number of thiazole rings is 1. The third-order valence-electron chi connectivity index (χ3n) is 3.08. The van der Waals surface area contributed by atoms with Crippen LogP contribution in [0, 0.1) is 6.92 Å². The first-order valence-corrected chi connectivity index (χ1v) is 7.38. The maximum absolute atomic E-state index is 5.15. The Hall–Kier alpha value is -1.59. The first-order chi connectivity index (χ1) is 9.72. The number of ether oxygens (including phenoxy) is 2. The highest BCUT2D eigenvalue weighted by Crippen LogP contribution is 2.23. The van der Waals surface area contributed by atoms with Crippen molar-refractivity contribution in [1.82, 2.24) is 10.3 Å². The second-order valence-electron chi connectivity index (χ2n) is 4.47. The van der Waals surface area contributed by atoms with Crippen molar-refractivity contribution in [3.8, 4) is 10.9 Å². The summed E-state index contributed by atoms with van der Waals surface area (Å²) in [7, 11) is 3.33. The van der Waals surface area contributed by atoms with Crippen LogP contribution < -0.4 is 14.8 Å². The molecule has 0 spiro atoms. The number of nitrogens with zero attached hydrogens (tertiary/aromatic N) is 1. The summed E-state index contributed by atoms with van der Waals surface area (Å²) >= 11 is 1.60. The average Bonchev–Trinajstić information content (AvgIpc) is 2.85. The second-order valence-corrected chi connectivity index (χ2v) is 5.51. The fraction of sp³-hybridized carbons (Fsp3) is 0.400. The van der Waals surface area contributed by atoms with E-state index < -0.39 is 0 Å². The summed E-state index contributed by atoms with van der Waals surface area (Å²) in [5, 5.41) is 4.17. The normalized spacial score (nSPS) is 10.6. The maximum Gasteiger partial charge on any atom is 0.273 e. The van der Waals surface area contributed by atoms with E-state index in [9.17, 15) is 0 Å². The minimum absolute atomic E-state index is 0.731. The Balaban J connectivity index is 1.76. The Kier molecular flexibility index (Phi) is 5.38. The number of aryl methyl sites for hydroxylation is 1. The molecule has 0 aliphatic carbocycles. The number of hydrogen-bond acceptors (Lipinski definition) is 5. The first-order valence-electron chi connectivity index (χ1n) is 6.57. The van der Waals surface area contributed by atoms with Crippen molar-refractivity contribution in [2.75, 3.05) is 20.8 Å². The van der Waals surface area contributed by atoms with E-state index in [0.29, 0.717) is 0 Å². The molecule has 5 heteroatoms. The molecule has 2 rings (SSSR count). The fourth-order valence-corrected chi connectivity index (χ4v) is 2.72. The van der Waals surface area contributed by atoms with E-state index in [2.05, 4.69) is 22.4 Å². The predicted octanol–water partition coefficient (Wildman–Crippen LogP) is 2.80. The molecule has 0 radical (unpaired) electrons. The van der Waals surface area contributed by atoms with E-state index in [-0.39, 0.29) is 0 Å². The quantitative estimate of drug-likeness (QED) is 0.797. The molecule has 0 aliphatic rings. The van der Waals surface area contributed by atoms with Gasteiger partial charge >= 0.3 is 0 Å². The number of aromatic nitrogens is 1. The molecule has 0 saturated heterocycles. The van der Waals surface area contributed by atoms with Gasteiger partial charge in [0.05, 0.1) is 19.9 Å². The molecule has 108 valence electrons. The largest absolute Gasteiger partial charge is 0.497 e. The third-order valence-corrected chi connectivity index (χ3v) is 4.20. The van der Waals surface area contributed by atoms with Crippen molar-refractivity contribution in [3.63, 3.8) is 0 Å². The van der Waals surface area contributed by atoms with Crippen LogP contribution in [-0.4, -0.2) is 25.7 Å². The van der Waals surface area contributed by atoms with Gasteiger partial charge in [-0.3, -0.25) is 0 Å². The van der Waals surface area contributed by atoms with Crippen molar-refractivity contribution in [1.29, 1.82) is 0 Å². The molecule has 0 aliphatic heterocycles. The number of methoxy groups -OCH3 is 2. The Labute approximate surface area is 123 Å². The summed E-state index contributed by atoms with van der Waals surface area (Å²) in [4.78, 5) is 5.56. The van der Waals surface area contributed by atoms with Gasteiger partial charge < -0.3 is 14.8 Å². The van der Waals surface area contributed by atoms with Crippen LogP contribution in [0.5, 0.6) is 10.9 Å². The molecule has 20 heavy (non-hydrogen) atoms. The van der Waals surface area contributed by atoms with Crippen LogP contribution in [0.3, 0.4) is 0 Å². The SMILES string of the molecule is COc1ccc(CCNCc2sc(OC)nc2C)cc1. The highest BCUT2D eigenvalue weighted by molar-refractivity contribution is 7.13. The Bertz CT molecular complexity index is 537. The molecule has 2 aromatic rings. The second kappa shape index (κ2) is 7.26. The average molecular weight is 292 g/mol. The standard InChI is InChI=1S/C15H20N2O2S/c1-11-14(20-15(17-11)19-3)10-16-9-8-12-4-6-13(18-2)7-5-12/h4-7,16H,8-10H2,1-3H3. The van der Waals surface area contributed by atoms with E-state index in [1.54, 1.807) is 25.6 Å². The number of benzene rings is 1. The highest BCUT2D eigenvalue weighted by Gasteiger charge is 2.06. The summed E-state index contributed by atoms with van der Waals surface area (Å²) in [5.74, 6) is 0.897. The number of hydrogen-bond donors (Lipinski definition) is 1. The molecular weight excluding hydrogens is 272 g/mol. The van der Waals surface area contributed by atoms with Crippen LogP contribution in [-0.2, 0) is 13.0 Å². The van der Waals surface area contributed by atoms with E-state index >= 15 is 0 Å². The van der Waals surface area contributed by atoms with Crippen LogP contribution in [0.25, 0.3) is 0 Å². The van der Waals surface area contributed by atoms with Gasteiger partial charge in [0.25, 0.3) is 5.19 Å². The van der Waals surface area contributed by atoms with Crippen molar-refractivity contribution in [3.05, 3.63) is 40.4 Å². The minimum Gasteiger partial charge on any atom is -0.497 e. The highest BCUT2D eigenvalue weighted by atomic mass is 32.1. The topological polar surface area (TPSA) is 43.4 Å². The molecule has 0 atom stereocenters. The smallest absolute Gasteiger partial charge is 0.273 e. The van der Waals surface area contributed by atoms with Crippen LogP contribution in [0.1, 0.15) is 16.1 Å². The lowest BCUT2D eigenvalue weighted by Crippen LogP contribution is -2.16. The van der Waals surface area contributed by atoms with Crippen molar-refractivity contribution >= 4 is 11.3 Å². The molecule has 0 unspecified atom stereocenters. The van der Waals surface area contributed by atoms with Crippen LogP contribution in [0.2, 0.25) is 0 Å². The zero-order chi connectivity index (χ0) is 14.4. The summed E-state index contributed by atoms with van der Waals surface area (Å²) in [6.45, 7) is 3.79. The molecule has 0 fully saturated rings. The lowest BCUT2D eigenvalue weighted by Gasteiger charge is -2.05. The third kappa shape index (κ3) is 3.95. The van der Waals surface area contributed by atoms with E-state index in [4.69, 9.17) is 9.47 Å². The minimum atomic E-state index is 0.731. The van der Waals surface area contributed by atoms with E-state index in [1.807, 2.05) is 19.1 Å². The van der Waals surface area contributed by atoms with Crippen molar-refractivity contribution < 1.29 is 9.47 Å². The van der Waals surface area contributed by atoms with Gasteiger partial charge in [-0.2, -0.15) is 0 Å². The van der Waals surface area contributed by atoms with Gasteiger partial charge in [0.2, 0.25) is 0 Å². The molecule has 1 aromatic carbocycles. The molecule has 1 aromatic heterocycles. The lowest BCUT2D eigenvalue weighted by molar-refractivity contribution is 0.411. The predicted molar refractivity (Wildman–Crippen MR) is 81.8 cm³/mol. The summed E-state index contributed by atoms with van der Waals surface area (Å²) < 4.78 is 10.3. The fourth-order valence-electron chi connectivity index (χ4n) is 1.88. The van der Waals surface area contributed by atoms with Crippen LogP contribution in [0.15, 0.2) is 24.3 Å². The Morgan fingerprint density at radius 2 is 1.90 bits per heavy atom. The van der Waals surface area contributed by atoms with E-state index in [1.165, 1.54) is 10.4 Å². The van der Waals surface area contributed by atoms with Gasteiger partial charge in [0.15, 0.2) is 0 Å². The van der Waals surface area contributed by atoms with Gasteiger partial charge in [0, 0.05) is 11.4 Å².